The lowest BCUT2D eigenvalue weighted by Gasteiger charge is -2.04. The van der Waals surface area contributed by atoms with Crippen molar-refractivity contribution in [3.8, 4) is 0 Å². The van der Waals surface area contributed by atoms with E-state index in [2.05, 4.69) is 48.8 Å². The van der Waals surface area contributed by atoms with Crippen LogP contribution in [0.1, 0.15) is 38.0 Å². The van der Waals surface area contributed by atoms with Crippen LogP contribution in [0.5, 0.6) is 0 Å². The van der Waals surface area contributed by atoms with Gasteiger partial charge in [0, 0.05) is 52.7 Å². The number of nitrogens with one attached hydrogen (secondary N) is 5. The summed E-state index contributed by atoms with van der Waals surface area (Å²) in [6, 6.07) is 3.01. The van der Waals surface area contributed by atoms with Crippen LogP contribution in [0.15, 0.2) is 41.8 Å². The molecular weight excluding hydrogens is 596 g/mol. The SMILES string of the molecule is C=C(Br)C(=O)Nc1cn(C)c(C(=O)Nc2cc(C(=O)Nc3cc(C(=O)NCCC(=N)N)n(C)c3)n(C)c2)n1.Cl. The van der Waals surface area contributed by atoms with Gasteiger partial charge in [-0.25, -0.2) is 4.98 Å². The highest BCUT2D eigenvalue weighted by molar-refractivity contribution is 9.12. The van der Waals surface area contributed by atoms with Crippen LogP contribution in [0.4, 0.5) is 17.2 Å². The molecule has 0 radical (unpaired) electrons. The highest BCUT2D eigenvalue weighted by Gasteiger charge is 2.19. The van der Waals surface area contributed by atoms with Crippen molar-refractivity contribution in [1.82, 2.24) is 24.0 Å². The second-order valence-corrected chi connectivity index (χ2v) is 9.27. The first-order valence-corrected chi connectivity index (χ1v) is 11.9. The number of nitrogens with two attached hydrogens (primary N) is 1. The van der Waals surface area contributed by atoms with E-state index in [1.54, 1.807) is 38.1 Å². The average Bonchev–Trinajstić information content (AvgIpc) is 3.49. The largest absolute Gasteiger partial charge is 0.388 e. The Kier molecular flexibility index (Phi) is 10.2. The highest BCUT2D eigenvalue weighted by Crippen LogP contribution is 2.19. The molecule has 16 heteroatoms. The van der Waals surface area contributed by atoms with Crippen LogP contribution >= 0.6 is 28.3 Å². The number of carbonyl (C=O) groups is 4. The predicted octanol–water partition coefficient (Wildman–Crippen LogP) is 1.93. The summed E-state index contributed by atoms with van der Waals surface area (Å²) in [6.45, 7) is 3.70. The van der Waals surface area contributed by atoms with Gasteiger partial charge in [0.1, 0.15) is 11.4 Å². The fraction of sp³-hybridized carbons (Fsp3) is 0.217. The molecule has 0 atom stereocenters. The number of imidazole rings is 1. The molecular formula is C23H28BrClN10O4. The van der Waals surface area contributed by atoms with E-state index in [0.29, 0.717) is 17.1 Å². The zero-order chi connectivity index (χ0) is 28.1. The maximum absolute atomic E-state index is 12.9. The molecule has 4 amide bonds. The quantitative estimate of drug-likeness (QED) is 0.113. The molecule has 208 valence electrons. The lowest BCUT2D eigenvalue weighted by atomic mass is 10.3. The van der Waals surface area contributed by atoms with Crippen molar-refractivity contribution in [2.75, 3.05) is 22.5 Å². The van der Waals surface area contributed by atoms with Gasteiger partial charge in [0.25, 0.3) is 23.6 Å². The van der Waals surface area contributed by atoms with Crippen LogP contribution < -0.4 is 27.0 Å². The highest BCUT2D eigenvalue weighted by atomic mass is 79.9. The summed E-state index contributed by atoms with van der Waals surface area (Å²) in [5.41, 5.74) is 6.61. The third-order valence-corrected chi connectivity index (χ3v) is 5.60. The van der Waals surface area contributed by atoms with Crippen LogP contribution in [0.25, 0.3) is 0 Å². The number of hydrogen-bond acceptors (Lipinski definition) is 6. The smallest absolute Gasteiger partial charge is 0.291 e. The minimum atomic E-state index is -0.549. The molecule has 14 nitrogen and oxygen atoms in total. The van der Waals surface area contributed by atoms with Gasteiger partial charge >= 0.3 is 0 Å². The van der Waals surface area contributed by atoms with Gasteiger partial charge in [0.15, 0.2) is 5.82 Å². The molecule has 0 spiro atoms. The van der Waals surface area contributed by atoms with Gasteiger partial charge in [-0.2, -0.15) is 0 Å². The first-order valence-electron chi connectivity index (χ1n) is 11.1. The number of amides is 4. The predicted molar refractivity (Wildman–Crippen MR) is 153 cm³/mol. The Balaban J connectivity index is 0.00000533. The van der Waals surface area contributed by atoms with Gasteiger partial charge < -0.3 is 40.7 Å². The second-order valence-electron chi connectivity index (χ2n) is 8.31. The Morgan fingerprint density at radius 1 is 0.923 bits per heavy atom. The van der Waals surface area contributed by atoms with Gasteiger partial charge in [-0.1, -0.05) is 6.58 Å². The molecule has 0 unspecified atom stereocenters. The number of carbonyl (C=O) groups excluding carboxylic acids is 4. The molecule has 0 fully saturated rings. The van der Waals surface area contributed by atoms with Crippen LogP contribution in [-0.2, 0) is 25.9 Å². The number of nitrogens with zero attached hydrogens (tertiary/aromatic N) is 4. The second kappa shape index (κ2) is 12.9. The molecule has 3 heterocycles. The number of aromatic nitrogens is 4. The van der Waals surface area contributed by atoms with Crippen molar-refractivity contribution in [2.24, 2.45) is 26.9 Å². The lowest BCUT2D eigenvalue weighted by Crippen LogP contribution is -2.28. The van der Waals surface area contributed by atoms with Crippen molar-refractivity contribution >= 4 is 75.0 Å². The molecule has 3 aromatic heterocycles. The monoisotopic (exact) mass is 622 g/mol. The van der Waals surface area contributed by atoms with Gasteiger partial charge in [0.2, 0.25) is 5.82 Å². The van der Waals surface area contributed by atoms with E-state index in [4.69, 9.17) is 11.1 Å². The minimum Gasteiger partial charge on any atom is -0.388 e. The topological polar surface area (TPSA) is 194 Å². The molecule has 3 aromatic rings. The van der Waals surface area contributed by atoms with Crippen molar-refractivity contribution in [2.45, 2.75) is 6.42 Å². The summed E-state index contributed by atoms with van der Waals surface area (Å²) in [7, 11) is 4.91. The molecule has 0 aliphatic heterocycles. The minimum absolute atomic E-state index is 0. The van der Waals surface area contributed by atoms with Crippen LogP contribution in [-0.4, -0.2) is 54.7 Å². The third kappa shape index (κ3) is 7.81. The maximum atomic E-state index is 12.9. The summed E-state index contributed by atoms with van der Waals surface area (Å²) in [4.78, 5) is 53.9. The molecule has 0 saturated carbocycles. The van der Waals surface area contributed by atoms with E-state index in [1.807, 2.05) is 0 Å². The first-order chi connectivity index (χ1) is 17.8. The Bertz CT molecular complexity index is 1450. The molecule has 0 aliphatic carbocycles. The van der Waals surface area contributed by atoms with E-state index in [0.717, 1.165) is 0 Å². The standard InChI is InChI=1S/C23H27BrN10O4.ClH/c1-12(24)20(35)31-18-11-34(4)19(30-18)23(38)29-14-8-16(33(3)10-14)22(37)28-13-7-15(32(2)9-13)21(36)27-6-5-17(25)26;/h7-11H,1,5-6H2,2-4H3,(H3,25,26)(H,27,36)(H,28,37)(H,29,38)(H,31,35);1H. The summed E-state index contributed by atoms with van der Waals surface area (Å²) in [5.74, 6) is -1.69. The van der Waals surface area contributed by atoms with Crippen LogP contribution in [0.3, 0.4) is 0 Å². The van der Waals surface area contributed by atoms with E-state index in [1.165, 1.54) is 27.5 Å². The fourth-order valence-corrected chi connectivity index (χ4v) is 3.52. The van der Waals surface area contributed by atoms with Crippen LogP contribution in [0.2, 0.25) is 0 Å². The fourth-order valence-electron chi connectivity index (χ4n) is 3.42. The normalized spacial score (nSPS) is 10.3. The van der Waals surface area contributed by atoms with Crippen LogP contribution in [0, 0.1) is 5.41 Å². The number of anilines is 3. The van der Waals surface area contributed by atoms with Crippen molar-refractivity contribution < 1.29 is 19.2 Å². The van der Waals surface area contributed by atoms with Crippen molar-refractivity contribution in [1.29, 1.82) is 5.41 Å². The Morgan fingerprint density at radius 2 is 1.46 bits per heavy atom. The third-order valence-electron chi connectivity index (χ3n) is 5.24. The van der Waals surface area contributed by atoms with Crippen molar-refractivity contribution in [3.63, 3.8) is 0 Å². The maximum Gasteiger partial charge on any atom is 0.291 e. The number of halogens is 2. The zero-order valence-electron chi connectivity index (χ0n) is 21.3. The van der Waals surface area contributed by atoms with Gasteiger partial charge in [-0.3, -0.25) is 24.6 Å². The van der Waals surface area contributed by atoms with E-state index in [-0.39, 0.29) is 58.9 Å². The molecule has 0 aromatic carbocycles. The summed E-state index contributed by atoms with van der Waals surface area (Å²) < 4.78 is 4.66. The van der Waals surface area contributed by atoms with E-state index >= 15 is 0 Å². The Morgan fingerprint density at radius 3 is 2.00 bits per heavy atom. The molecule has 39 heavy (non-hydrogen) atoms. The molecule has 0 saturated heterocycles. The molecule has 0 bridgehead atoms. The van der Waals surface area contributed by atoms with Gasteiger partial charge in [-0.15, -0.1) is 12.4 Å². The number of rotatable bonds is 10. The number of hydrogen-bond donors (Lipinski definition) is 6. The first kappa shape index (κ1) is 30.9. The number of aryl methyl sites for hydroxylation is 3. The van der Waals surface area contributed by atoms with Gasteiger partial charge in [0.05, 0.1) is 21.7 Å². The number of amidine groups is 1. The average molecular weight is 624 g/mol. The van der Waals surface area contributed by atoms with Crippen molar-refractivity contribution in [3.05, 3.63) is 59.0 Å². The lowest BCUT2D eigenvalue weighted by molar-refractivity contribution is -0.112. The summed E-state index contributed by atoms with van der Waals surface area (Å²) >= 11 is 2.98. The van der Waals surface area contributed by atoms with E-state index in [9.17, 15) is 19.2 Å². The Labute approximate surface area is 238 Å². The zero-order valence-corrected chi connectivity index (χ0v) is 23.7. The van der Waals surface area contributed by atoms with E-state index < -0.39 is 17.7 Å². The summed E-state index contributed by atoms with van der Waals surface area (Å²) in [6.07, 6.45) is 4.86. The molecule has 0 aliphatic rings. The van der Waals surface area contributed by atoms with Gasteiger partial charge in [-0.05, 0) is 28.1 Å². The Hall–Kier alpha value is -4.37. The molecule has 7 N–H and O–H groups in total. The molecule has 3 rings (SSSR count). The summed E-state index contributed by atoms with van der Waals surface area (Å²) in [5, 5.41) is 17.8.